The lowest BCUT2D eigenvalue weighted by Crippen LogP contribution is -2.09. The molecule has 1 aliphatic rings. The Morgan fingerprint density at radius 1 is 1.03 bits per heavy atom. The van der Waals surface area contributed by atoms with Gasteiger partial charge in [-0.2, -0.15) is 0 Å². The van der Waals surface area contributed by atoms with Gasteiger partial charge in [0.2, 0.25) is 0 Å². The van der Waals surface area contributed by atoms with E-state index in [2.05, 4.69) is 0 Å². The first-order valence-corrected chi connectivity index (χ1v) is 10.7. The Morgan fingerprint density at radius 3 is 2.47 bits per heavy atom. The molecule has 1 atom stereocenters. The van der Waals surface area contributed by atoms with E-state index >= 15 is 0 Å². The molecule has 0 saturated carbocycles. The Labute approximate surface area is 186 Å². The number of carboxylic acids is 1. The second-order valence-electron chi connectivity index (χ2n) is 8.01. The van der Waals surface area contributed by atoms with Crippen molar-refractivity contribution in [2.75, 3.05) is 0 Å². The Balaban J connectivity index is 1.54. The van der Waals surface area contributed by atoms with Gasteiger partial charge < -0.3 is 14.9 Å². The van der Waals surface area contributed by atoms with Crippen molar-refractivity contribution in [3.63, 3.8) is 0 Å². The molecule has 0 aliphatic heterocycles. The first-order chi connectivity index (χ1) is 15.5. The van der Waals surface area contributed by atoms with Crippen LogP contribution in [0.25, 0.3) is 6.08 Å². The minimum absolute atomic E-state index is 0.223. The predicted molar refractivity (Wildman–Crippen MR) is 121 cm³/mol. The highest BCUT2D eigenvalue weighted by atomic mass is 19.1. The Morgan fingerprint density at radius 2 is 1.75 bits per heavy atom. The van der Waals surface area contributed by atoms with Gasteiger partial charge in [-0.1, -0.05) is 42.5 Å². The maximum Gasteiger partial charge on any atom is 0.335 e. The third kappa shape index (κ3) is 5.24. The van der Waals surface area contributed by atoms with Gasteiger partial charge in [0.1, 0.15) is 18.2 Å². The first kappa shape index (κ1) is 21.8. The monoisotopic (exact) mass is 432 g/mol. The van der Waals surface area contributed by atoms with Crippen LogP contribution >= 0.6 is 0 Å². The second kappa shape index (κ2) is 9.79. The zero-order chi connectivity index (χ0) is 22.5. The highest BCUT2D eigenvalue weighted by molar-refractivity contribution is 5.87. The maximum absolute atomic E-state index is 13.2. The molecule has 2 N–H and O–H groups in total. The summed E-state index contributed by atoms with van der Waals surface area (Å²) in [5, 5.41) is 19.8. The van der Waals surface area contributed by atoms with Gasteiger partial charge in [-0.25, -0.2) is 9.18 Å². The number of benzene rings is 3. The molecule has 164 valence electrons. The molecule has 0 fully saturated rings. The second-order valence-corrected chi connectivity index (χ2v) is 8.01. The van der Waals surface area contributed by atoms with E-state index in [0.717, 1.165) is 48.1 Å². The van der Waals surface area contributed by atoms with Crippen molar-refractivity contribution in [3.05, 3.63) is 106 Å². The van der Waals surface area contributed by atoms with Crippen molar-refractivity contribution in [1.82, 2.24) is 0 Å². The minimum atomic E-state index is -0.970. The molecule has 4 nitrogen and oxygen atoms in total. The van der Waals surface area contributed by atoms with E-state index in [0.29, 0.717) is 6.61 Å². The highest BCUT2D eigenvalue weighted by Gasteiger charge is 2.18. The topological polar surface area (TPSA) is 66.8 Å². The molecule has 3 aromatic carbocycles. The van der Waals surface area contributed by atoms with Crippen LogP contribution in [0.2, 0.25) is 0 Å². The molecule has 0 saturated heterocycles. The summed E-state index contributed by atoms with van der Waals surface area (Å²) in [6, 6.07) is 16.7. The first-order valence-electron chi connectivity index (χ1n) is 10.7. The molecule has 0 bridgehead atoms. The van der Waals surface area contributed by atoms with Crippen molar-refractivity contribution in [2.24, 2.45) is 0 Å². The summed E-state index contributed by atoms with van der Waals surface area (Å²) in [5.41, 5.74) is 5.04. The summed E-state index contributed by atoms with van der Waals surface area (Å²) in [6.45, 7) is 0.331. The van der Waals surface area contributed by atoms with Gasteiger partial charge in [-0.15, -0.1) is 0 Å². The molecule has 32 heavy (non-hydrogen) atoms. The van der Waals surface area contributed by atoms with Crippen molar-refractivity contribution in [2.45, 2.75) is 38.4 Å². The number of aryl methyl sites for hydroxylation is 1. The van der Waals surface area contributed by atoms with E-state index in [-0.39, 0.29) is 11.4 Å². The van der Waals surface area contributed by atoms with Crippen LogP contribution in [0.15, 0.2) is 66.7 Å². The molecule has 0 aromatic heterocycles. The largest absolute Gasteiger partial charge is 0.489 e. The molecule has 1 aliphatic carbocycles. The number of aliphatic hydroxyl groups is 1. The van der Waals surface area contributed by atoms with E-state index in [1.807, 2.05) is 12.1 Å². The number of aromatic carboxylic acids is 1. The van der Waals surface area contributed by atoms with Gasteiger partial charge in [-0.3, -0.25) is 0 Å². The van der Waals surface area contributed by atoms with Crippen LogP contribution in [0.1, 0.15) is 57.1 Å². The number of carboxylic acid groups (broad SMARTS) is 1. The van der Waals surface area contributed by atoms with E-state index in [4.69, 9.17) is 9.84 Å². The SMILES string of the molecule is O=C(O)c1ccc(C=CC(O)c2cc3c(c(OCc4ccc(F)cc4)c2)CCCC3)cc1. The van der Waals surface area contributed by atoms with E-state index in [9.17, 15) is 14.3 Å². The van der Waals surface area contributed by atoms with Gasteiger partial charge in [0.05, 0.1) is 11.7 Å². The summed E-state index contributed by atoms with van der Waals surface area (Å²) < 4.78 is 19.3. The lowest BCUT2D eigenvalue weighted by atomic mass is 9.88. The van der Waals surface area contributed by atoms with E-state index in [1.165, 1.54) is 35.4 Å². The van der Waals surface area contributed by atoms with Crippen LogP contribution in [0.4, 0.5) is 4.39 Å². The molecule has 5 heteroatoms. The van der Waals surface area contributed by atoms with Crippen LogP contribution in [-0.4, -0.2) is 16.2 Å². The van der Waals surface area contributed by atoms with Crippen LogP contribution < -0.4 is 4.74 Å². The molecule has 0 radical (unpaired) electrons. The Kier molecular flexibility index (Phi) is 6.66. The quantitative estimate of drug-likeness (QED) is 0.500. The average molecular weight is 432 g/mol. The van der Waals surface area contributed by atoms with Crippen molar-refractivity contribution >= 4 is 12.0 Å². The van der Waals surface area contributed by atoms with Crippen LogP contribution in [0.5, 0.6) is 5.75 Å². The highest BCUT2D eigenvalue weighted by Crippen LogP contribution is 2.34. The molecule has 0 amide bonds. The third-order valence-electron chi connectivity index (χ3n) is 5.72. The summed E-state index contributed by atoms with van der Waals surface area (Å²) >= 11 is 0. The number of aliphatic hydroxyl groups excluding tert-OH is 1. The molecule has 0 heterocycles. The maximum atomic E-state index is 13.2. The predicted octanol–water partition coefficient (Wildman–Crippen LogP) is 5.73. The number of hydrogen-bond acceptors (Lipinski definition) is 3. The van der Waals surface area contributed by atoms with Crippen LogP contribution in [0, 0.1) is 5.82 Å². The molecular weight excluding hydrogens is 407 g/mol. The van der Waals surface area contributed by atoms with Crippen molar-refractivity contribution in [3.8, 4) is 5.75 Å². The van der Waals surface area contributed by atoms with Crippen LogP contribution in [0.3, 0.4) is 0 Å². The van der Waals surface area contributed by atoms with Gasteiger partial charge in [0.15, 0.2) is 0 Å². The van der Waals surface area contributed by atoms with Crippen molar-refractivity contribution < 1.29 is 24.1 Å². The number of hydrogen-bond donors (Lipinski definition) is 2. The molecule has 4 rings (SSSR count). The Bertz CT molecular complexity index is 1120. The van der Waals surface area contributed by atoms with Gasteiger partial charge in [-0.05, 0) is 83.8 Å². The number of halogens is 1. The van der Waals surface area contributed by atoms with Gasteiger partial charge in [0, 0.05) is 0 Å². The lowest BCUT2D eigenvalue weighted by Gasteiger charge is -2.22. The molecular formula is C27H25FO4. The standard InChI is InChI=1S/C27H25FO4/c28-23-12-7-19(8-13-23)17-32-26-16-22(15-21-3-1-2-4-24(21)26)25(29)14-9-18-5-10-20(11-6-18)27(30)31/h5-16,25,29H,1-4,17H2,(H,30,31). The van der Waals surface area contributed by atoms with Gasteiger partial charge in [0.25, 0.3) is 0 Å². The summed E-state index contributed by atoms with van der Waals surface area (Å²) in [4.78, 5) is 11.0. The van der Waals surface area contributed by atoms with Crippen LogP contribution in [-0.2, 0) is 19.4 Å². The van der Waals surface area contributed by atoms with E-state index < -0.39 is 12.1 Å². The van der Waals surface area contributed by atoms with Crippen molar-refractivity contribution in [1.29, 1.82) is 0 Å². The number of fused-ring (bicyclic) bond motifs is 1. The zero-order valence-electron chi connectivity index (χ0n) is 17.6. The minimum Gasteiger partial charge on any atom is -0.489 e. The third-order valence-corrected chi connectivity index (χ3v) is 5.72. The lowest BCUT2D eigenvalue weighted by molar-refractivity contribution is 0.0697. The number of carbonyl (C=O) groups is 1. The fourth-order valence-corrected chi connectivity index (χ4v) is 3.94. The molecule has 0 spiro atoms. The zero-order valence-corrected chi connectivity index (χ0v) is 17.6. The fraction of sp³-hybridized carbons (Fsp3) is 0.222. The Hall–Kier alpha value is -3.44. The normalized spacial score (nSPS) is 14.2. The smallest absolute Gasteiger partial charge is 0.335 e. The molecule has 3 aromatic rings. The fourth-order valence-electron chi connectivity index (χ4n) is 3.94. The number of rotatable bonds is 7. The molecule has 1 unspecified atom stereocenters. The summed E-state index contributed by atoms with van der Waals surface area (Å²) in [6.07, 6.45) is 6.73. The summed E-state index contributed by atoms with van der Waals surface area (Å²) in [7, 11) is 0. The van der Waals surface area contributed by atoms with Gasteiger partial charge >= 0.3 is 5.97 Å². The average Bonchev–Trinajstić information content (AvgIpc) is 2.82. The van der Waals surface area contributed by atoms with E-state index in [1.54, 1.807) is 36.4 Å². The number of ether oxygens (including phenoxy) is 1. The summed E-state index contributed by atoms with van der Waals surface area (Å²) in [5.74, 6) is -0.483.